The summed E-state index contributed by atoms with van der Waals surface area (Å²) in [5, 5.41) is 11.7. The molecule has 1 saturated carbocycles. The van der Waals surface area contributed by atoms with Gasteiger partial charge in [-0.2, -0.15) is 0 Å². The van der Waals surface area contributed by atoms with E-state index in [-0.39, 0.29) is 42.2 Å². The van der Waals surface area contributed by atoms with Gasteiger partial charge in [0.15, 0.2) is 5.69 Å². The molecule has 0 spiro atoms. The minimum Gasteiger partial charge on any atom is -0.459 e. The molecule has 4 rings (SSSR count). The van der Waals surface area contributed by atoms with Crippen molar-refractivity contribution in [3.8, 4) is 12.3 Å². The van der Waals surface area contributed by atoms with Crippen LogP contribution in [0.4, 0.5) is 5.69 Å². The summed E-state index contributed by atoms with van der Waals surface area (Å²) >= 11 is 0. The van der Waals surface area contributed by atoms with Gasteiger partial charge in [0.05, 0.1) is 0 Å². The first-order valence-corrected chi connectivity index (χ1v) is 13.1. The third kappa shape index (κ3) is 7.05. The Morgan fingerprint density at radius 2 is 2.12 bits per heavy atom. The van der Waals surface area contributed by atoms with Crippen LogP contribution in [0.25, 0.3) is 0 Å². The molecule has 0 bridgehead atoms. The number of hydrogen-bond acceptors (Lipinski definition) is 8. The van der Waals surface area contributed by atoms with Crippen molar-refractivity contribution in [1.29, 1.82) is 0 Å². The minimum atomic E-state index is -1.13. The molecule has 2 aliphatic rings. The molecular weight excluding hydrogens is 518 g/mol. The molecule has 12 heteroatoms. The summed E-state index contributed by atoms with van der Waals surface area (Å²) in [6.07, 6.45) is 12.9. The van der Waals surface area contributed by atoms with Crippen LogP contribution in [-0.2, 0) is 19.1 Å². The van der Waals surface area contributed by atoms with Crippen LogP contribution in [0.2, 0.25) is 0 Å². The standard InChI is InChI=1S/C28H31N5O7/c1-3-6-23(33-14-5-9-21(28(33)38)31-26(36)22-15-17(2)40-32-22)27(37)30-19(16-18-12-13-29-25(18)35)10-11-24(34)39-20-7-4-8-20/h1,5,9-11,14-15,18-20,23H,4,6-8,12-13,16H2,2H3,(H,29,35)(H,30,37)(H,31,36)/b11-10+/t18-,19+,23-/m0/s1. The number of ether oxygens (including phenoxy) is 1. The highest BCUT2D eigenvalue weighted by molar-refractivity contribution is 6.02. The van der Waals surface area contributed by atoms with Crippen molar-refractivity contribution in [1.82, 2.24) is 20.4 Å². The molecule has 3 atom stereocenters. The summed E-state index contributed by atoms with van der Waals surface area (Å²) in [4.78, 5) is 63.7. The number of aromatic nitrogens is 2. The normalized spacial score (nSPS) is 18.3. The number of carbonyl (C=O) groups is 4. The first-order valence-electron chi connectivity index (χ1n) is 13.1. The number of rotatable bonds is 11. The predicted molar refractivity (Wildman–Crippen MR) is 143 cm³/mol. The Morgan fingerprint density at radius 1 is 1.32 bits per heavy atom. The van der Waals surface area contributed by atoms with E-state index < -0.39 is 35.4 Å². The molecule has 2 fully saturated rings. The highest BCUT2D eigenvalue weighted by Gasteiger charge is 2.30. The van der Waals surface area contributed by atoms with Gasteiger partial charge in [0, 0.05) is 43.3 Å². The summed E-state index contributed by atoms with van der Waals surface area (Å²) in [6, 6.07) is 2.49. The van der Waals surface area contributed by atoms with Gasteiger partial charge >= 0.3 is 5.97 Å². The van der Waals surface area contributed by atoms with Crippen molar-refractivity contribution in [3.63, 3.8) is 0 Å². The number of carbonyl (C=O) groups excluding carboxylic acids is 4. The average molecular weight is 550 g/mol. The van der Waals surface area contributed by atoms with E-state index >= 15 is 0 Å². The molecule has 12 nitrogen and oxygen atoms in total. The number of terminal acetylenes is 1. The molecule has 3 amide bonds. The van der Waals surface area contributed by atoms with Crippen LogP contribution in [0.15, 0.2) is 45.9 Å². The zero-order valence-electron chi connectivity index (χ0n) is 22.1. The number of pyridine rings is 1. The van der Waals surface area contributed by atoms with E-state index in [1.54, 1.807) is 6.92 Å². The van der Waals surface area contributed by atoms with Crippen LogP contribution in [0.5, 0.6) is 0 Å². The monoisotopic (exact) mass is 549 g/mol. The Hall–Kier alpha value is -4.66. The summed E-state index contributed by atoms with van der Waals surface area (Å²) in [5.41, 5.74) is -0.745. The van der Waals surface area contributed by atoms with Crippen LogP contribution in [0.1, 0.15) is 60.8 Å². The Bertz CT molecular complexity index is 1400. The summed E-state index contributed by atoms with van der Waals surface area (Å²) in [5.74, 6) is 0.586. The fourth-order valence-electron chi connectivity index (χ4n) is 4.47. The van der Waals surface area contributed by atoms with Gasteiger partial charge in [-0.05, 0) is 51.2 Å². The summed E-state index contributed by atoms with van der Waals surface area (Å²) < 4.78 is 11.4. The van der Waals surface area contributed by atoms with E-state index in [4.69, 9.17) is 15.7 Å². The van der Waals surface area contributed by atoms with Gasteiger partial charge in [-0.15, -0.1) is 12.3 Å². The number of amides is 3. The third-order valence-corrected chi connectivity index (χ3v) is 6.86. The molecule has 1 saturated heterocycles. The second kappa shape index (κ2) is 12.9. The Morgan fingerprint density at radius 3 is 2.75 bits per heavy atom. The first-order chi connectivity index (χ1) is 19.2. The fraction of sp³-hybridized carbons (Fsp3) is 0.429. The zero-order valence-corrected chi connectivity index (χ0v) is 22.1. The summed E-state index contributed by atoms with van der Waals surface area (Å²) in [6.45, 7) is 2.15. The molecule has 3 heterocycles. The van der Waals surface area contributed by atoms with E-state index in [2.05, 4.69) is 27.0 Å². The topological polar surface area (TPSA) is 162 Å². The number of aryl methyl sites for hydroxylation is 1. The lowest BCUT2D eigenvalue weighted by atomic mass is 9.96. The number of esters is 1. The Labute approximate surface area is 230 Å². The molecule has 3 N–H and O–H groups in total. The Kier molecular flexibility index (Phi) is 9.16. The van der Waals surface area contributed by atoms with Crippen molar-refractivity contribution in [2.24, 2.45) is 5.92 Å². The number of nitrogens with zero attached hydrogens (tertiary/aromatic N) is 2. The van der Waals surface area contributed by atoms with Crippen LogP contribution < -0.4 is 21.5 Å². The maximum atomic E-state index is 13.5. The lowest BCUT2D eigenvalue weighted by Crippen LogP contribution is -2.43. The second-order valence-corrected chi connectivity index (χ2v) is 9.81. The van der Waals surface area contributed by atoms with Crippen molar-refractivity contribution in [2.75, 3.05) is 11.9 Å². The number of nitrogens with one attached hydrogen (secondary N) is 3. The molecule has 2 aromatic rings. The van der Waals surface area contributed by atoms with Crippen LogP contribution in [-0.4, -0.2) is 52.1 Å². The van der Waals surface area contributed by atoms with Crippen LogP contribution in [0, 0.1) is 25.2 Å². The van der Waals surface area contributed by atoms with Gasteiger partial charge in [0.25, 0.3) is 11.5 Å². The molecule has 0 unspecified atom stereocenters. The maximum Gasteiger partial charge on any atom is 0.330 e. The second-order valence-electron chi connectivity index (χ2n) is 9.81. The molecular formula is C28H31N5O7. The number of hydrogen-bond donors (Lipinski definition) is 3. The lowest BCUT2D eigenvalue weighted by molar-refractivity contribution is -0.146. The fourth-order valence-corrected chi connectivity index (χ4v) is 4.47. The van der Waals surface area contributed by atoms with E-state index in [0.717, 1.165) is 23.8 Å². The van der Waals surface area contributed by atoms with Crippen molar-refractivity contribution in [3.05, 3.63) is 58.4 Å². The highest BCUT2D eigenvalue weighted by Crippen LogP contribution is 2.22. The Balaban J connectivity index is 1.52. The van der Waals surface area contributed by atoms with Gasteiger partial charge < -0.3 is 29.8 Å². The van der Waals surface area contributed by atoms with Gasteiger partial charge in [0.2, 0.25) is 11.8 Å². The molecule has 1 aliphatic heterocycles. The van der Waals surface area contributed by atoms with E-state index in [0.29, 0.717) is 18.7 Å². The van der Waals surface area contributed by atoms with E-state index in [1.807, 2.05) is 0 Å². The largest absolute Gasteiger partial charge is 0.459 e. The molecule has 2 aromatic heterocycles. The summed E-state index contributed by atoms with van der Waals surface area (Å²) in [7, 11) is 0. The first kappa shape index (κ1) is 28.4. The highest BCUT2D eigenvalue weighted by atomic mass is 16.5. The van der Waals surface area contributed by atoms with E-state index in [1.165, 1.54) is 36.5 Å². The zero-order chi connectivity index (χ0) is 28.6. The van der Waals surface area contributed by atoms with Crippen molar-refractivity contribution in [2.45, 2.75) is 63.6 Å². The van der Waals surface area contributed by atoms with Gasteiger partial charge in [-0.3, -0.25) is 19.2 Å². The molecule has 1 aliphatic carbocycles. The van der Waals surface area contributed by atoms with Crippen LogP contribution in [0.3, 0.4) is 0 Å². The SMILES string of the molecule is C#CC[C@@H](C(=O)N[C@H](/C=C/C(=O)OC1CCC1)C[C@@H]1CCNC1=O)n1cccc(NC(=O)c2cc(C)on2)c1=O. The smallest absolute Gasteiger partial charge is 0.330 e. The van der Waals surface area contributed by atoms with E-state index in [9.17, 15) is 24.0 Å². The third-order valence-electron chi connectivity index (χ3n) is 6.86. The quantitative estimate of drug-likeness (QED) is 0.216. The minimum absolute atomic E-state index is 0.00775. The van der Waals surface area contributed by atoms with Gasteiger partial charge in [-0.1, -0.05) is 11.2 Å². The molecule has 210 valence electrons. The maximum absolute atomic E-state index is 13.5. The van der Waals surface area contributed by atoms with Crippen molar-refractivity contribution >= 4 is 29.4 Å². The van der Waals surface area contributed by atoms with Gasteiger partial charge in [-0.25, -0.2) is 4.79 Å². The number of anilines is 1. The molecule has 40 heavy (non-hydrogen) atoms. The predicted octanol–water partition coefficient (Wildman–Crippen LogP) is 1.62. The molecule has 0 aromatic carbocycles. The van der Waals surface area contributed by atoms with Gasteiger partial charge in [0.1, 0.15) is 23.6 Å². The average Bonchev–Trinajstić information content (AvgIpc) is 3.52. The lowest BCUT2D eigenvalue weighted by Gasteiger charge is -2.25. The van der Waals surface area contributed by atoms with Crippen LogP contribution >= 0.6 is 0 Å². The van der Waals surface area contributed by atoms with Crippen molar-refractivity contribution < 1.29 is 28.4 Å². The molecule has 0 radical (unpaired) electrons.